The van der Waals surface area contributed by atoms with Crippen LogP contribution in [-0.2, 0) is 0 Å². The van der Waals surface area contributed by atoms with Gasteiger partial charge in [-0.1, -0.05) is 0 Å². The average Bonchev–Trinajstić information content (AvgIpc) is 2.36. The van der Waals surface area contributed by atoms with Gasteiger partial charge in [0.25, 0.3) is 0 Å². The number of nitrogens with zero attached hydrogens (tertiary/aromatic N) is 4. The summed E-state index contributed by atoms with van der Waals surface area (Å²) in [6, 6.07) is 0.225. The van der Waals surface area contributed by atoms with Crippen LogP contribution in [0.1, 0.15) is 33.6 Å². The van der Waals surface area contributed by atoms with E-state index in [0.29, 0.717) is 12.5 Å². The fourth-order valence-corrected chi connectivity index (χ4v) is 2.21. The number of hydrogen-bond donors (Lipinski definition) is 3. The number of anilines is 2. The minimum atomic E-state index is -0.736. The van der Waals surface area contributed by atoms with Crippen molar-refractivity contribution in [3.63, 3.8) is 0 Å². The maximum atomic E-state index is 10.2. The van der Waals surface area contributed by atoms with Crippen LogP contribution in [0, 0.1) is 0 Å². The van der Waals surface area contributed by atoms with E-state index in [-0.39, 0.29) is 18.1 Å². The van der Waals surface area contributed by atoms with Gasteiger partial charge in [0.2, 0.25) is 11.9 Å². The summed E-state index contributed by atoms with van der Waals surface area (Å²) in [5.41, 5.74) is 1.67. The lowest BCUT2D eigenvalue weighted by Crippen LogP contribution is -2.46. The summed E-state index contributed by atoms with van der Waals surface area (Å²) in [5.74, 6) is 6.08. The number of ether oxygens (including phenoxy) is 1. The lowest BCUT2D eigenvalue weighted by atomic mass is 9.95. The van der Waals surface area contributed by atoms with Crippen LogP contribution in [0.2, 0.25) is 0 Å². The van der Waals surface area contributed by atoms with Crippen LogP contribution in [0.4, 0.5) is 11.9 Å². The summed E-state index contributed by atoms with van der Waals surface area (Å²) in [7, 11) is 0. The van der Waals surface area contributed by atoms with Crippen molar-refractivity contribution in [2.24, 2.45) is 5.84 Å². The standard InChI is InChI=1S/C12H22N6O2/c1-8(2)20-11-15-9(17-13)14-10(16-11)18-6-4-5-12(3,19)7-18/h8,19H,4-7,13H2,1-3H3,(H,14,15,16,17). The van der Waals surface area contributed by atoms with Gasteiger partial charge in [-0.15, -0.1) is 0 Å². The molecule has 20 heavy (non-hydrogen) atoms. The van der Waals surface area contributed by atoms with Crippen LogP contribution in [0.25, 0.3) is 0 Å². The topological polar surface area (TPSA) is 109 Å². The molecule has 0 amide bonds. The largest absolute Gasteiger partial charge is 0.461 e. The average molecular weight is 282 g/mol. The Morgan fingerprint density at radius 2 is 2.15 bits per heavy atom. The fourth-order valence-electron chi connectivity index (χ4n) is 2.21. The Morgan fingerprint density at radius 1 is 1.40 bits per heavy atom. The maximum Gasteiger partial charge on any atom is 0.323 e. The van der Waals surface area contributed by atoms with E-state index in [1.54, 1.807) is 0 Å². The van der Waals surface area contributed by atoms with Gasteiger partial charge < -0.3 is 14.7 Å². The van der Waals surface area contributed by atoms with E-state index in [2.05, 4.69) is 20.4 Å². The molecule has 1 unspecified atom stereocenters. The first kappa shape index (κ1) is 14.7. The van der Waals surface area contributed by atoms with Crippen molar-refractivity contribution in [1.29, 1.82) is 0 Å². The quantitative estimate of drug-likeness (QED) is 0.534. The monoisotopic (exact) mass is 282 g/mol. The third-order valence-electron chi connectivity index (χ3n) is 3.03. The second-order valence-electron chi connectivity index (χ2n) is 5.57. The maximum absolute atomic E-state index is 10.2. The number of β-amino-alcohol motifs (C(OH)–C–C–N with tert-alkyl or cyclic N) is 1. The van der Waals surface area contributed by atoms with Crippen LogP contribution in [0.15, 0.2) is 0 Å². The molecule has 0 saturated carbocycles. The van der Waals surface area contributed by atoms with Gasteiger partial charge in [0.1, 0.15) is 0 Å². The SMILES string of the molecule is CC(C)Oc1nc(NN)nc(N2CCCC(C)(O)C2)n1. The van der Waals surface area contributed by atoms with Crippen molar-refractivity contribution in [3.8, 4) is 6.01 Å². The number of rotatable bonds is 4. The highest BCUT2D eigenvalue weighted by Gasteiger charge is 2.30. The summed E-state index contributed by atoms with van der Waals surface area (Å²) in [5, 5.41) is 10.2. The zero-order valence-corrected chi connectivity index (χ0v) is 12.1. The second-order valence-corrected chi connectivity index (χ2v) is 5.57. The summed E-state index contributed by atoms with van der Waals surface area (Å²) in [4.78, 5) is 14.5. The number of nitrogens with two attached hydrogens (primary N) is 1. The van der Waals surface area contributed by atoms with E-state index < -0.39 is 5.60 Å². The summed E-state index contributed by atoms with van der Waals surface area (Å²) < 4.78 is 5.49. The molecule has 2 rings (SSSR count). The lowest BCUT2D eigenvalue weighted by molar-refractivity contribution is 0.0443. The van der Waals surface area contributed by atoms with Crippen molar-refractivity contribution in [2.75, 3.05) is 23.4 Å². The number of nitrogen functional groups attached to an aromatic ring is 1. The molecule has 1 aromatic heterocycles. The molecule has 1 atom stereocenters. The molecule has 0 radical (unpaired) electrons. The summed E-state index contributed by atoms with van der Waals surface area (Å²) >= 11 is 0. The molecular formula is C12H22N6O2. The predicted octanol–water partition coefficient (Wildman–Crippen LogP) is 0.296. The van der Waals surface area contributed by atoms with Gasteiger partial charge >= 0.3 is 6.01 Å². The van der Waals surface area contributed by atoms with Gasteiger partial charge in [-0.05, 0) is 33.6 Å². The third kappa shape index (κ3) is 3.67. The van der Waals surface area contributed by atoms with E-state index in [1.165, 1.54) is 0 Å². The molecule has 1 aromatic rings. The van der Waals surface area contributed by atoms with E-state index in [1.807, 2.05) is 25.7 Å². The lowest BCUT2D eigenvalue weighted by Gasteiger charge is -2.36. The molecule has 1 saturated heterocycles. The molecule has 1 aliphatic rings. The zero-order chi connectivity index (χ0) is 14.8. The van der Waals surface area contributed by atoms with Gasteiger partial charge in [0, 0.05) is 13.1 Å². The molecule has 0 bridgehead atoms. The van der Waals surface area contributed by atoms with Crippen molar-refractivity contribution >= 4 is 11.9 Å². The Balaban J connectivity index is 2.25. The highest BCUT2D eigenvalue weighted by Crippen LogP contribution is 2.24. The molecular weight excluding hydrogens is 260 g/mol. The molecule has 0 aliphatic carbocycles. The molecule has 0 spiro atoms. The number of nitrogens with one attached hydrogen (secondary N) is 1. The van der Waals surface area contributed by atoms with Crippen molar-refractivity contribution in [2.45, 2.75) is 45.3 Å². The van der Waals surface area contributed by atoms with Gasteiger partial charge in [-0.3, -0.25) is 5.43 Å². The normalized spacial score (nSPS) is 23.0. The molecule has 1 aliphatic heterocycles. The Hall–Kier alpha value is -1.67. The molecule has 8 heteroatoms. The molecule has 1 fully saturated rings. The van der Waals surface area contributed by atoms with Gasteiger partial charge in [-0.2, -0.15) is 15.0 Å². The van der Waals surface area contributed by atoms with Gasteiger partial charge in [0.15, 0.2) is 0 Å². The number of hydrazine groups is 1. The van der Waals surface area contributed by atoms with E-state index in [9.17, 15) is 5.11 Å². The Kier molecular flexibility index (Phi) is 4.24. The first-order chi connectivity index (χ1) is 9.39. The van der Waals surface area contributed by atoms with Crippen LogP contribution >= 0.6 is 0 Å². The van der Waals surface area contributed by atoms with E-state index >= 15 is 0 Å². The first-order valence-corrected chi connectivity index (χ1v) is 6.76. The molecule has 112 valence electrons. The minimum Gasteiger partial charge on any atom is -0.461 e. The highest BCUT2D eigenvalue weighted by molar-refractivity contribution is 5.38. The van der Waals surface area contributed by atoms with E-state index in [0.717, 1.165) is 19.4 Å². The van der Waals surface area contributed by atoms with Crippen LogP contribution in [0.5, 0.6) is 6.01 Å². The zero-order valence-electron chi connectivity index (χ0n) is 12.1. The fraction of sp³-hybridized carbons (Fsp3) is 0.750. The molecule has 4 N–H and O–H groups in total. The minimum absolute atomic E-state index is 0.0414. The molecule has 0 aromatic carbocycles. The van der Waals surface area contributed by atoms with Crippen molar-refractivity contribution in [1.82, 2.24) is 15.0 Å². The number of aliphatic hydroxyl groups is 1. The Morgan fingerprint density at radius 3 is 2.75 bits per heavy atom. The number of hydrogen-bond acceptors (Lipinski definition) is 8. The molecule has 2 heterocycles. The van der Waals surface area contributed by atoms with Crippen molar-refractivity contribution in [3.05, 3.63) is 0 Å². The van der Waals surface area contributed by atoms with Gasteiger partial charge in [-0.25, -0.2) is 5.84 Å². The summed E-state index contributed by atoms with van der Waals surface area (Å²) in [6.07, 6.45) is 1.61. The van der Waals surface area contributed by atoms with Crippen molar-refractivity contribution < 1.29 is 9.84 Å². The second kappa shape index (κ2) is 5.76. The third-order valence-corrected chi connectivity index (χ3v) is 3.03. The Bertz CT molecular complexity index is 465. The highest BCUT2D eigenvalue weighted by atomic mass is 16.5. The summed E-state index contributed by atoms with van der Waals surface area (Å²) in [6.45, 7) is 6.86. The van der Waals surface area contributed by atoms with Crippen LogP contribution < -0.4 is 20.9 Å². The predicted molar refractivity (Wildman–Crippen MR) is 75.5 cm³/mol. The van der Waals surface area contributed by atoms with Gasteiger partial charge in [0.05, 0.1) is 11.7 Å². The number of piperidine rings is 1. The Labute approximate surface area is 118 Å². The number of aromatic nitrogens is 3. The van der Waals surface area contributed by atoms with Crippen LogP contribution in [0.3, 0.4) is 0 Å². The first-order valence-electron chi connectivity index (χ1n) is 6.76. The smallest absolute Gasteiger partial charge is 0.323 e. The molecule has 8 nitrogen and oxygen atoms in total. The van der Waals surface area contributed by atoms with Crippen LogP contribution in [-0.4, -0.2) is 44.9 Å². The van der Waals surface area contributed by atoms with E-state index in [4.69, 9.17) is 10.6 Å².